The van der Waals surface area contributed by atoms with E-state index in [1.165, 1.54) is 21.6 Å². The number of fused-ring (bicyclic) bond motifs is 1. The fourth-order valence-corrected chi connectivity index (χ4v) is 5.14. The normalized spacial score (nSPS) is 15.6. The van der Waals surface area contributed by atoms with Gasteiger partial charge in [-0.3, -0.25) is 14.2 Å². The molecule has 4 heterocycles. The Hall–Kier alpha value is -3.80. The molecular formula is C28H32ClN7O4. The SMILES string of the molecule is Cc1cc(C)cc([C@@H](CO)NC(=O)C(C)n2cnn3cc(-c4nc(NC5CCOCC5)ncc4Cl)cc3c2=O)c1. The van der Waals surface area contributed by atoms with Gasteiger partial charge >= 0.3 is 0 Å². The Morgan fingerprint density at radius 2 is 1.93 bits per heavy atom. The molecule has 40 heavy (non-hydrogen) atoms. The molecule has 0 saturated carbocycles. The summed E-state index contributed by atoms with van der Waals surface area (Å²) in [5, 5.41) is 20.8. The quantitative estimate of drug-likeness (QED) is 0.296. The minimum Gasteiger partial charge on any atom is -0.394 e. The van der Waals surface area contributed by atoms with Gasteiger partial charge in [-0.25, -0.2) is 14.5 Å². The minimum absolute atomic E-state index is 0.206. The molecule has 1 saturated heterocycles. The number of aryl methyl sites for hydroxylation is 2. The Bertz CT molecular complexity index is 1580. The molecular weight excluding hydrogens is 534 g/mol. The lowest BCUT2D eigenvalue weighted by Crippen LogP contribution is -2.39. The number of ether oxygens (including phenoxy) is 1. The summed E-state index contributed by atoms with van der Waals surface area (Å²) in [7, 11) is 0. The third-order valence-electron chi connectivity index (χ3n) is 7.07. The zero-order valence-electron chi connectivity index (χ0n) is 22.6. The molecule has 5 rings (SSSR count). The van der Waals surface area contributed by atoms with Gasteiger partial charge < -0.3 is 20.5 Å². The zero-order valence-corrected chi connectivity index (χ0v) is 23.4. The molecule has 11 nitrogen and oxygen atoms in total. The Kier molecular flexibility index (Phi) is 8.15. The van der Waals surface area contributed by atoms with Crippen molar-refractivity contribution in [3.8, 4) is 11.3 Å². The molecule has 1 fully saturated rings. The van der Waals surface area contributed by atoms with Crippen LogP contribution in [0.2, 0.25) is 5.02 Å². The van der Waals surface area contributed by atoms with Crippen molar-refractivity contribution in [2.24, 2.45) is 0 Å². The average molecular weight is 566 g/mol. The minimum atomic E-state index is -0.874. The second kappa shape index (κ2) is 11.7. The summed E-state index contributed by atoms with van der Waals surface area (Å²) >= 11 is 6.44. The molecule has 3 aromatic heterocycles. The molecule has 0 bridgehead atoms. The van der Waals surface area contributed by atoms with E-state index in [0.29, 0.717) is 35.4 Å². The molecule has 0 radical (unpaired) electrons. The summed E-state index contributed by atoms with van der Waals surface area (Å²) < 4.78 is 8.12. The first-order chi connectivity index (χ1) is 19.2. The topological polar surface area (TPSA) is 136 Å². The second-order valence-electron chi connectivity index (χ2n) is 10.2. The predicted molar refractivity (Wildman–Crippen MR) is 152 cm³/mol. The second-order valence-corrected chi connectivity index (χ2v) is 10.6. The molecule has 12 heteroatoms. The number of carbonyl (C=O) groups is 1. The van der Waals surface area contributed by atoms with E-state index in [2.05, 4.69) is 25.7 Å². The van der Waals surface area contributed by atoms with Crippen LogP contribution in [0.25, 0.3) is 16.8 Å². The number of aromatic nitrogens is 5. The van der Waals surface area contributed by atoms with Gasteiger partial charge in [-0.05, 0) is 45.2 Å². The van der Waals surface area contributed by atoms with Crippen LogP contribution in [-0.2, 0) is 9.53 Å². The molecule has 3 N–H and O–H groups in total. The molecule has 0 spiro atoms. The van der Waals surface area contributed by atoms with E-state index < -0.39 is 23.6 Å². The Labute approximate surface area is 236 Å². The summed E-state index contributed by atoms with van der Waals surface area (Å²) in [4.78, 5) is 35.5. The fourth-order valence-electron chi connectivity index (χ4n) is 4.94. The number of rotatable bonds is 8. The zero-order chi connectivity index (χ0) is 28.4. The third-order valence-corrected chi connectivity index (χ3v) is 7.35. The van der Waals surface area contributed by atoms with E-state index in [-0.39, 0.29) is 18.2 Å². The van der Waals surface area contributed by atoms with Crippen LogP contribution in [0, 0.1) is 13.8 Å². The lowest BCUT2D eigenvalue weighted by Gasteiger charge is -2.23. The number of halogens is 1. The standard InChI is InChI=1S/C28H32ClN7O4/c1-16-8-17(2)10-19(9-16)23(14-37)33-26(38)18(3)35-15-31-36-13-20(11-24(36)27(35)39)25-22(29)12-30-28(34-25)32-21-4-6-40-7-5-21/h8-13,15,18,21,23,37H,4-7,14H2,1-3H3,(H,33,38)(H,30,32,34)/t18?,23-/m1/s1. The lowest BCUT2D eigenvalue weighted by atomic mass is 10.0. The maximum Gasteiger partial charge on any atom is 0.278 e. The van der Waals surface area contributed by atoms with Crippen LogP contribution >= 0.6 is 11.6 Å². The van der Waals surface area contributed by atoms with E-state index in [9.17, 15) is 14.7 Å². The van der Waals surface area contributed by atoms with Crippen molar-refractivity contribution < 1.29 is 14.6 Å². The summed E-state index contributed by atoms with van der Waals surface area (Å²) in [6.45, 7) is 6.62. The number of benzene rings is 1. The first-order valence-corrected chi connectivity index (χ1v) is 13.6. The number of anilines is 1. The Morgan fingerprint density at radius 1 is 1.20 bits per heavy atom. The van der Waals surface area contributed by atoms with Gasteiger partial charge in [0.1, 0.15) is 17.9 Å². The van der Waals surface area contributed by atoms with Crippen LogP contribution in [0.15, 0.2) is 47.8 Å². The van der Waals surface area contributed by atoms with Crippen LogP contribution in [0.4, 0.5) is 5.95 Å². The molecule has 1 amide bonds. The highest BCUT2D eigenvalue weighted by molar-refractivity contribution is 6.32. The number of carbonyl (C=O) groups excluding carboxylic acids is 1. The fraction of sp³-hybridized carbons (Fsp3) is 0.393. The smallest absolute Gasteiger partial charge is 0.278 e. The van der Waals surface area contributed by atoms with Gasteiger partial charge in [-0.1, -0.05) is 40.9 Å². The van der Waals surface area contributed by atoms with Gasteiger partial charge in [0.2, 0.25) is 11.9 Å². The molecule has 1 aliphatic heterocycles. The van der Waals surface area contributed by atoms with Crippen molar-refractivity contribution in [1.82, 2.24) is 29.5 Å². The Morgan fingerprint density at radius 3 is 2.62 bits per heavy atom. The number of nitrogens with one attached hydrogen (secondary N) is 2. The highest BCUT2D eigenvalue weighted by Crippen LogP contribution is 2.28. The predicted octanol–water partition coefficient (Wildman–Crippen LogP) is 3.22. The van der Waals surface area contributed by atoms with Gasteiger partial charge in [-0.15, -0.1) is 0 Å². The molecule has 1 unspecified atom stereocenters. The molecule has 4 aromatic rings. The number of hydrogen-bond donors (Lipinski definition) is 3. The summed E-state index contributed by atoms with van der Waals surface area (Å²) in [5.74, 6) is 0.0281. The van der Waals surface area contributed by atoms with Gasteiger partial charge in [-0.2, -0.15) is 5.10 Å². The molecule has 210 valence electrons. The van der Waals surface area contributed by atoms with Crippen LogP contribution in [0.5, 0.6) is 0 Å². The number of hydrogen-bond acceptors (Lipinski definition) is 8. The van der Waals surface area contributed by atoms with Crippen molar-refractivity contribution in [3.05, 3.63) is 75.1 Å². The van der Waals surface area contributed by atoms with Crippen LogP contribution in [-0.4, -0.2) is 61.0 Å². The maximum atomic E-state index is 13.4. The van der Waals surface area contributed by atoms with Gasteiger partial charge in [0.25, 0.3) is 5.56 Å². The van der Waals surface area contributed by atoms with Crippen LogP contribution in [0.3, 0.4) is 0 Å². The first-order valence-electron chi connectivity index (χ1n) is 13.2. The highest BCUT2D eigenvalue weighted by atomic mass is 35.5. The number of aliphatic hydroxyl groups excluding tert-OH is 1. The van der Waals surface area contributed by atoms with E-state index >= 15 is 0 Å². The Balaban J connectivity index is 1.39. The molecule has 2 atom stereocenters. The molecule has 1 aliphatic rings. The van der Waals surface area contributed by atoms with E-state index in [1.54, 1.807) is 19.2 Å². The van der Waals surface area contributed by atoms with Gasteiger partial charge in [0.05, 0.1) is 29.6 Å². The van der Waals surface area contributed by atoms with Crippen LogP contribution < -0.4 is 16.2 Å². The van der Waals surface area contributed by atoms with Crippen LogP contribution in [0.1, 0.15) is 48.5 Å². The van der Waals surface area contributed by atoms with E-state index in [0.717, 1.165) is 29.5 Å². The van der Waals surface area contributed by atoms with Crippen molar-refractivity contribution in [3.63, 3.8) is 0 Å². The summed E-state index contributed by atoms with van der Waals surface area (Å²) in [5.41, 5.74) is 3.78. The van der Waals surface area contributed by atoms with Gasteiger partial charge in [0, 0.05) is 31.0 Å². The molecule has 0 aliphatic carbocycles. The lowest BCUT2D eigenvalue weighted by molar-refractivity contribution is -0.125. The number of nitrogens with zero attached hydrogens (tertiary/aromatic N) is 5. The van der Waals surface area contributed by atoms with Gasteiger partial charge in [0.15, 0.2) is 0 Å². The summed E-state index contributed by atoms with van der Waals surface area (Å²) in [6.07, 6.45) is 6.24. The average Bonchev–Trinajstić information content (AvgIpc) is 3.37. The van der Waals surface area contributed by atoms with Crippen molar-refractivity contribution in [1.29, 1.82) is 0 Å². The van der Waals surface area contributed by atoms with Crippen molar-refractivity contribution in [2.75, 3.05) is 25.1 Å². The summed E-state index contributed by atoms with van der Waals surface area (Å²) in [6, 6.07) is 6.23. The first kappa shape index (κ1) is 27.8. The van der Waals surface area contributed by atoms with Crippen molar-refractivity contribution >= 4 is 29.0 Å². The maximum absolute atomic E-state index is 13.4. The third kappa shape index (κ3) is 5.86. The number of amides is 1. The number of aliphatic hydroxyl groups is 1. The monoisotopic (exact) mass is 565 g/mol. The largest absolute Gasteiger partial charge is 0.394 e. The molecule has 1 aromatic carbocycles. The van der Waals surface area contributed by atoms with E-state index in [1.807, 2.05) is 32.0 Å². The highest BCUT2D eigenvalue weighted by Gasteiger charge is 2.23. The van der Waals surface area contributed by atoms with E-state index in [4.69, 9.17) is 16.3 Å². The van der Waals surface area contributed by atoms with Crippen molar-refractivity contribution in [2.45, 2.75) is 51.7 Å².